The van der Waals surface area contributed by atoms with Crippen LogP contribution in [0, 0.1) is 5.82 Å². The summed E-state index contributed by atoms with van der Waals surface area (Å²) in [4.78, 5) is 47.2. The third kappa shape index (κ3) is 7.33. The second-order valence-electron chi connectivity index (χ2n) is 9.05. The van der Waals surface area contributed by atoms with Gasteiger partial charge in [0.05, 0.1) is 30.4 Å². The Kier molecular flexibility index (Phi) is 10.3. The number of carbonyl (C=O) groups excluding carboxylic acids is 4. The summed E-state index contributed by atoms with van der Waals surface area (Å²) < 4.78 is 42.2. The lowest BCUT2D eigenvalue weighted by atomic mass is 10.1. The minimum absolute atomic E-state index is 0.00965. The molecule has 0 spiro atoms. The SMILES string of the molecule is O=CCOCC(COc1ccc(C2OCC(CCCCN3C(=O)c4ccccc4C3=O)O2)cc1F)OCC=O. The fourth-order valence-electron chi connectivity index (χ4n) is 4.39. The van der Waals surface area contributed by atoms with Gasteiger partial charge >= 0.3 is 0 Å². The number of halogens is 1. The Morgan fingerprint density at radius 2 is 1.74 bits per heavy atom. The fourth-order valence-corrected chi connectivity index (χ4v) is 4.39. The number of nitrogens with zero attached hydrogens (tertiary/aromatic N) is 1. The second-order valence-corrected chi connectivity index (χ2v) is 9.05. The summed E-state index contributed by atoms with van der Waals surface area (Å²) in [6.45, 7) is 0.297. The molecule has 2 aromatic carbocycles. The van der Waals surface area contributed by atoms with E-state index in [-0.39, 0.29) is 50.1 Å². The van der Waals surface area contributed by atoms with Crippen LogP contribution < -0.4 is 4.74 Å². The number of fused-ring (bicyclic) bond motifs is 1. The molecule has 10 nitrogen and oxygen atoms in total. The van der Waals surface area contributed by atoms with Crippen LogP contribution in [-0.2, 0) is 28.5 Å². The van der Waals surface area contributed by atoms with Crippen molar-refractivity contribution < 1.29 is 47.3 Å². The molecule has 2 aromatic rings. The largest absolute Gasteiger partial charge is 0.488 e. The van der Waals surface area contributed by atoms with Crippen molar-refractivity contribution in [3.63, 3.8) is 0 Å². The number of aldehydes is 2. The molecule has 39 heavy (non-hydrogen) atoms. The Labute approximate surface area is 224 Å². The zero-order valence-corrected chi connectivity index (χ0v) is 21.3. The number of imide groups is 1. The van der Waals surface area contributed by atoms with Gasteiger partial charge in [-0.15, -0.1) is 0 Å². The molecule has 3 atom stereocenters. The summed E-state index contributed by atoms with van der Waals surface area (Å²) in [5.74, 6) is -1.16. The first kappa shape index (κ1) is 28.5. The fraction of sp³-hybridized carbons (Fsp3) is 0.429. The van der Waals surface area contributed by atoms with Crippen LogP contribution >= 0.6 is 0 Å². The first-order valence-corrected chi connectivity index (χ1v) is 12.7. The molecule has 1 fully saturated rings. The first-order chi connectivity index (χ1) is 19.0. The maximum absolute atomic E-state index is 14.7. The lowest BCUT2D eigenvalue weighted by Crippen LogP contribution is -2.30. The van der Waals surface area contributed by atoms with Crippen molar-refractivity contribution >= 4 is 24.4 Å². The Morgan fingerprint density at radius 3 is 2.44 bits per heavy atom. The van der Waals surface area contributed by atoms with Gasteiger partial charge in [-0.05, 0) is 43.5 Å². The standard InChI is InChI=1S/C28H30FNO9/c29-24-15-19(8-9-25(24)37-18-21(36-14-12-32)16-35-13-11-31)28-38-17-20(39-28)5-3-4-10-30-26(33)22-6-1-2-7-23(22)27(30)34/h1-2,6-9,11-12,15,20-21,28H,3-5,10,13-14,16-18H2. The Morgan fingerprint density at radius 1 is 1.00 bits per heavy atom. The summed E-state index contributed by atoms with van der Waals surface area (Å²) in [7, 11) is 0. The van der Waals surface area contributed by atoms with Crippen LogP contribution in [0.3, 0.4) is 0 Å². The van der Waals surface area contributed by atoms with Gasteiger partial charge in [-0.3, -0.25) is 14.5 Å². The molecule has 0 aliphatic carbocycles. The van der Waals surface area contributed by atoms with Crippen molar-refractivity contribution in [3.8, 4) is 5.75 Å². The van der Waals surface area contributed by atoms with Gasteiger partial charge in [0.15, 0.2) is 17.9 Å². The monoisotopic (exact) mass is 543 g/mol. The lowest BCUT2D eigenvalue weighted by molar-refractivity contribution is -0.119. The smallest absolute Gasteiger partial charge is 0.261 e. The Balaban J connectivity index is 1.20. The van der Waals surface area contributed by atoms with Gasteiger partial charge in [-0.25, -0.2) is 4.39 Å². The first-order valence-electron chi connectivity index (χ1n) is 12.7. The molecule has 0 bridgehead atoms. The molecule has 2 heterocycles. The summed E-state index contributed by atoms with van der Waals surface area (Å²) in [6, 6.07) is 11.2. The van der Waals surface area contributed by atoms with E-state index in [0.29, 0.717) is 55.3 Å². The van der Waals surface area contributed by atoms with E-state index < -0.39 is 18.2 Å². The predicted octanol–water partition coefficient (Wildman–Crippen LogP) is 2.88. The molecular formula is C28H30FNO9. The molecular weight excluding hydrogens is 513 g/mol. The van der Waals surface area contributed by atoms with Crippen LogP contribution in [-0.4, -0.2) is 81.1 Å². The Bertz CT molecular complexity index is 1140. The summed E-state index contributed by atoms with van der Waals surface area (Å²) in [5, 5.41) is 0. The minimum Gasteiger partial charge on any atom is -0.488 e. The quantitative estimate of drug-likeness (QED) is 0.179. The summed E-state index contributed by atoms with van der Waals surface area (Å²) in [6.07, 6.45) is 1.60. The Hall–Kier alpha value is -3.51. The highest BCUT2D eigenvalue weighted by Gasteiger charge is 2.34. The van der Waals surface area contributed by atoms with Crippen LogP contribution in [0.2, 0.25) is 0 Å². The number of ether oxygens (including phenoxy) is 5. The highest BCUT2D eigenvalue weighted by Crippen LogP contribution is 2.31. The van der Waals surface area contributed by atoms with Crippen LogP contribution in [0.15, 0.2) is 42.5 Å². The van der Waals surface area contributed by atoms with E-state index in [1.807, 2.05) is 0 Å². The van der Waals surface area contributed by atoms with Crippen molar-refractivity contribution in [1.29, 1.82) is 0 Å². The van der Waals surface area contributed by atoms with E-state index in [9.17, 15) is 23.6 Å². The summed E-state index contributed by atoms with van der Waals surface area (Å²) in [5.41, 5.74) is 1.38. The van der Waals surface area contributed by atoms with Gasteiger partial charge in [-0.2, -0.15) is 0 Å². The van der Waals surface area contributed by atoms with Crippen LogP contribution in [0.4, 0.5) is 4.39 Å². The van der Waals surface area contributed by atoms with Gasteiger partial charge in [0.1, 0.15) is 38.5 Å². The van der Waals surface area contributed by atoms with Crippen LogP contribution in [0.25, 0.3) is 0 Å². The third-order valence-corrected chi connectivity index (χ3v) is 6.33. The molecule has 2 aliphatic rings. The molecule has 0 aromatic heterocycles. The second kappa shape index (κ2) is 14.0. The van der Waals surface area contributed by atoms with Gasteiger partial charge in [-0.1, -0.05) is 18.2 Å². The number of amides is 2. The number of hydrogen-bond donors (Lipinski definition) is 0. The van der Waals surface area contributed by atoms with Crippen LogP contribution in [0.5, 0.6) is 5.75 Å². The van der Waals surface area contributed by atoms with Crippen LogP contribution in [0.1, 0.15) is 51.8 Å². The van der Waals surface area contributed by atoms with Gasteiger partial charge in [0.25, 0.3) is 11.8 Å². The zero-order chi connectivity index (χ0) is 27.6. The van der Waals surface area contributed by atoms with E-state index in [4.69, 9.17) is 23.7 Å². The molecule has 0 N–H and O–H groups in total. The molecule has 11 heteroatoms. The average Bonchev–Trinajstić information content (AvgIpc) is 3.51. The number of carbonyl (C=O) groups is 4. The van der Waals surface area contributed by atoms with E-state index in [1.165, 1.54) is 17.0 Å². The molecule has 2 aliphatic heterocycles. The zero-order valence-electron chi connectivity index (χ0n) is 21.3. The molecule has 3 unspecified atom stereocenters. The van der Waals surface area contributed by atoms with E-state index in [1.54, 1.807) is 30.3 Å². The van der Waals surface area contributed by atoms with E-state index in [2.05, 4.69) is 0 Å². The average molecular weight is 544 g/mol. The summed E-state index contributed by atoms with van der Waals surface area (Å²) >= 11 is 0. The van der Waals surface area contributed by atoms with E-state index >= 15 is 0 Å². The number of hydrogen-bond acceptors (Lipinski definition) is 9. The molecule has 0 radical (unpaired) electrons. The molecule has 2 amide bonds. The van der Waals surface area contributed by atoms with Crippen molar-refractivity contribution in [2.24, 2.45) is 0 Å². The predicted molar refractivity (Wildman–Crippen MR) is 134 cm³/mol. The maximum Gasteiger partial charge on any atom is 0.261 e. The van der Waals surface area contributed by atoms with E-state index in [0.717, 1.165) is 6.42 Å². The van der Waals surface area contributed by atoms with Crippen molar-refractivity contribution in [2.45, 2.75) is 37.8 Å². The van der Waals surface area contributed by atoms with Gasteiger partial charge in [0.2, 0.25) is 0 Å². The number of benzene rings is 2. The van der Waals surface area contributed by atoms with Gasteiger partial charge in [0, 0.05) is 12.1 Å². The van der Waals surface area contributed by atoms with Crippen molar-refractivity contribution in [1.82, 2.24) is 4.90 Å². The molecule has 1 saturated heterocycles. The molecule has 208 valence electrons. The van der Waals surface area contributed by atoms with Crippen molar-refractivity contribution in [3.05, 3.63) is 65.0 Å². The lowest BCUT2D eigenvalue weighted by Gasteiger charge is -2.18. The molecule has 0 saturated carbocycles. The number of rotatable bonds is 16. The topological polar surface area (TPSA) is 118 Å². The van der Waals surface area contributed by atoms with Gasteiger partial charge < -0.3 is 33.3 Å². The maximum atomic E-state index is 14.7. The normalized spacial score (nSPS) is 19.3. The minimum atomic E-state index is -0.727. The highest BCUT2D eigenvalue weighted by atomic mass is 19.1. The van der Waals surface area contributed by atoms with Crippen molar-refractivity contribution in [2.75, 3.05) is 39.6 Å². The highest BCUT2D eigenvalue weighted by molar-refractivity contribution is 6.21. The number of unbranched alkanes of at least 4 members (excludes halogenated alkanes) is 1. The molecule has 4 rings (SSSR count). The third-order valence-electron chi connectivity index (χ3n) is 6.33.